The number of fused-ring (bicyclic) bond motifs is 23. The standard InChI is InChI=1S/C48H35NO2.C45H31NO2/c1-47(2)36-17-9-5-13-30(36)32-23-21-28(25-38(32)47)49(29-22-24-33-31-14-6-10-18-37(31)48(3,4)39(33)26-29)40-27-43-44(34-15-7-11-19-41(34)50-43)45-35-16-8-12-20-42(35)51-46(40)45;1-45(2)35-20-10-6-17-31(35)32-25-24-29(26-36(32)45)46(37-21-11-7-16-30(37)28-14-4-3-5-15-28)38-27-41-42(33-18-8-12-22-39(33)47-41)43-34-19-9-13-23-40(34)48-44(38)43/h5-27H,1-4H3;3-27H,1-2H3. The van der Waals surface area contributed by atoms with Crippen molar-refractivity contribution >= 4 is 122 Å². The van der Waals surface area contributed by atoms with Gasteiger partial charge < -0.3 is 27.5 Å². The van der Waals surface area contributed by atoms with Crippen LogP contribution in [0.15, 0.2) is 309 Å². The topological polar surface area (TPSA) is 59.0 Å². The number of nitrogens with zero attached hydrogens (tertiary/aromatic N) is 2. The van der Waals surface area contributed by atoms with Crippen LogP contribution in [-0.2, 0) is 16.2 Å². The van der Waals surface area contributed by atoms with Crippen molar-refractivity contribution in [3.8, 4) is 44.5 Å². The van der Waals surface area contributed by atoms with Crippen LogP contribution in [0.25, 0.3) is 132 Å². The molecule has 0 bridgehead atoms. The first kappa shape index (κ1) is 57.2. The fraction of sp³-hybridized carbons (Fsp3) is 0.0968. The van der Waals surface area contributed by atoms with Crippen LogP contribution in [0.1, 0.15) is 74.9 Å². The predicted octanol–water partition coefficient (Wildman–Crippen LogP) is 26.5. The van der Waals surface area contributed by atoms with Crippen molar-refractivity contribution in [2.45, 2.75) is 57.8 Å². The lowest BCUT2D eigenvalue weighted by Crippen LogP contribution is -2.18. The van der Waals surface area contributed by atoms with Gasteiger partial charge in [0.15, 0.2) is 11.2 Å². The molecule has 4 heterocycles. The number of benzene rings is 14. The Morgan fingerprint density at radius 1 is 0.222 bits per heavy atom. The van der Waals surface area contributed by atoms with E-state index in [1.54, 1.807) is 0 Å². The summed E-state index contributed by atoms with van der Waals surface area (Å²) in [6.07, 6.45) is 0. The highest BCUT2D eigenvalue weighted by Gasteiger charge is 2.40. The fourth-order valence-corrected chi connectivity index (χ4v) is 17.4. The van der Waals surface area contributed by atoms with Gasteiger partial charge in [0.2, 0.25) is 0 Å². The van der Waals surface area contributed by atoms with Crippen LogP contribution in [0.2, 0.25) is 0 Å². The number of rotatable bonds is 7. The van der Waals surface area contributed by atoms with Gasteiger partial charge in [0.05, 0.1) is 17.1 Å². The molecule has 14 aromatic carbocycles. The van der Waals surface area contributed by atoms with Crippen LogP contribution >= 0.6 is 0 Å². The number of anilines is 6. The van der Waals surface area contributed by atoms with Crippen molar-refractivity contribution in [3.63, 3.8) is 0 Å². The summed E-state index contributed by atoms with van der Waals surface area (Å²) in [5, 5.41) is 8.66. The normalized spacial score (nSPS) is 14.2. The molecule has 0 N–H and O–H groups in total. The second-order valence-corrected chi connectivity index (χ2v) is 28.6. The molecule has 21 rings (SSSR count). The number of furan rings is 4. The molecule has 6 heteroatoms. The third-order valence-corrected chi connectivity index (χ3v) is 22.1. The van der Waals surface area contributed by atoms with Crippen molar-refractivity contribution in [2.24, 2.45) is 0 Å². The summed E-state index contributed by atoms with van der Waals surface area (Å²) in [5.74, 6) is 0. The van der Waals surface area contributed by atoms with Crippen molar-refractivity contribution in [3.05, 3.63) is 325 Å². The van der Waals surface area contributed by atoms with Gasteiger partial charge in [0, 0.05) is 94.1 Å². The van der Waals surface area contributed by atoms with Gasteiger partial charge in [0.25, 0.3) is 0 Å². The minimum atomic E-state index is -0.149. The lowest BCUT2D eigenvalue weighted by molar-refractivity contribution is 0.659. The molecule has 3 aliphatic carbocycles. The zero-order valence-corrected chi connectivity index (χ0v) is 55.7. The first-order chi connectivity index (χ1) is 48.4. The first-order valence-corrected chi connectivity index (χ1v) is 34.4. The molecule has 0 radical (unpaired) electrons. The lowest BCUT2D eigenvalue weighted by Gasteiger charge is -2.29. The first-order valence-electron chi connectivity index (χ1n) is 34.4. The van der Waals surface area contributed by atoms with Gasteiger partial charge in [-0.2, -0.15) is 0 Å². The Kier molecular flexibility index (Phi) is 12.1. The highest BCUT2D eigenvalue weighted by atomic mass is 16.3. The average Bonchev–Trinajstić information content (AvgIpc) is 1.59. The van der Waals surface area contributed by atoms with Crippen molar-refractivity contribution in [1.82, 2.24) is 0 Å². The molecule has 0 atom stereocenters. The minimum absolute atomic E-state index is 0.146. The lowest BCUT2D eigenvalue weighted by atomic mass is 9.82. The van der Waals surface area contributed by atoms with E-state index in [1.165, 1.54) is 66.8 Å². The third-order valence-electron chi connectivity index (χ3n) is 22.1. The molecule has 0 aliphatic heterocycles. The minimum Gasteiger partial charge on any atom is -0.456 e. The molecular formula is C93H66N2O4. The number of para-hydroxylation sites is 5. The van der Waals surface area contributed by atoms with Gasteiger partial charge in [-0.15, -0.1) is 0 Å². The zero-order valence-electron chi connectivity index (χ0n) is 55.7. The molecule has 3 aliphatic rings. The second kappa shape index (κ2) is 20.9. The van der Waals surface area contributed by atoms with E-state index in [9.17, 15) is 0 Å². The molecule has 0 spiro atoms. The van der Waals surface area contributed by atoms with Crippen molar-refractivity contribution < 1.29 is 17.7 Å². The molecule has 0 amide bonds. The highest BCUT2D eigenvalue weighted by Crippen LogP contribution is 2.58. The van der Waals surface area contributed by atoms with Crippen LogP contribution in [0.5, 0.6) is 0 Å². The van der Waals surface area contributed by atoms with Crippen LogP contribution in [0.3, 0.4) is 0 Å². The van der Waals surface area contributed by atoms with Gasteiger partial charge in [0.1, 0.15) is 33.5 Å². The SMILES string of the molecule is CC1(C)c2ccccc2-c2ccc(N(c3ccc4c(c3)C(C)(C)c3ccccc3-4)c3cc4oc5ccccc5c4c4c3oc3ccccc34)cc21.CC1(C)c2ccccc2-c2ccc(N(c3ccccc3-c3ccccc3)c3cc4oc5ccccc5c4c4c3oc3ccccc34)cc21. The summed E-state index contributed by atoms with van der Waals surface area (Å²) in [6.45, 7) is 14.1. The monoisotopic (exact) mass is 1270 g/mol. The van der Waals surface area contributed by atoms with Gasteiger partial charge in [-0.25, -0.2) is 0 Å². The van der Waals surface area contributed by atoms with E-state index in [-0.39, 0.29) is 16.2 Å². The zero-order chi connectivity index (χ0) is 66.2. The Morgan fingerprint density at radius 2 is 0.535 bits per heavy atom. The molecule has 18 aromatic rings. The quantitative estimate of drug-likeness (QED) is 0.158. The van der Waals surface area contributed by atoms with E-state index in [2.05, 4.69) is 312 Å². The van der Waals surface area contributed by atoms with Crippen LogP contribution in [-0.4, -0.2) is 0 Å². The molecule has 0 saturated carbocycles. The van der Waals surface area contributed by atoms with E-state index < -0.39 is 0 Å². The van der Waals surface area contributed by atoms with Gasteiger partial charge in [-0.3, -0.25) is 0 Å². The molecule has 0 unspecified atom stereocenters. The summed E-state index contributed by atoms with van der Waals surface area (Å²) in [6, 6.07) is 104. The Balaban J connectivity index is 0.000000134. The van der Waals surface area contributed by atoms with Crippen LogP contribution in [0.4, 0.5) is 34.1 Å². The van der Waals surface area contributed by atoms with Gasteiger partial charge >= 0.3 is 0 Å². The highest BCUT2D eigenvalue weighted by molar-refractivity contribution is 6.30. The van der Waals surface area contributed by atoms with E-state index in [0.717, 1.165) is 133 Å². The van der Waals surface area contributed by atoms with Crippen molar-refractivity contribution in [1.29, 1.82) is 0 Å². The maximum absolute atomic E-state index is 6.92. The summed E-state index contributed by atoms with van der Waals surface area (Å²) in [5.41, 5.74) is 30.7. The Bertz CT molecular complexity index is 6320. The molecular weight excluding hydrogens is 1210 g/mol. The van der Waals surface area contributed by atoms with E-state index >= 15 is 0 Å². The predicted molar refractivity (Wildman–Crippen MR) is 409 cm³/mol. The smallest absolute Gasteiger partial charge is 0.160 e. The largest absolute Gasteiger partial charge is 0.456 e. The molecule has 99 heavy (non-hydrogen) atoms. The second-order valence-electron chi connectivity index (χ2n) is 28.6. The number of hydrogen-bond donors (Lipinski definition) is 0. The van der Waals surface area contributed by atoms with Crippen LogP contribution in [0, 0.1) is 0 Å². The number of hydrogen-bond acceptors (Lipinski definition) is 6. The molecule has 472 valence electrons. The van der Waals surface area contributed by atoms with Gasteiger partial charge in [-0.05, 0) is 139 Å². The Morgan fingerprint density at radius 3 is 0.960 bits per heavy atom. The van der Waals surface area contributed by atoms with E-state index in [1.807, 2.05) is 30.3 Å². The summed E-state index contributed by atoms with van der Waals surface area (Å²) < 4.78 is 27.1. The summed E-state index contributed by atoms with van der Waals surface area (Å²) >= 11 is 0. The third kappa shape index (κ3) is 8.23. The molecule has 4 aromatic heterocycles. The van der Waals surface area contributed by atoms with E-state index in [0.29, 0.717) is 0 Å². The van der Waals surface area contributed by atoms with Crippen molar-refractivity contribution in [2.75, 3.05) is 9.80 Å². The maximum atomic E-state index is 6.92. The fourth-order valence-electron chi connectivity index (χ4n) is 17.4. The summed E-state index contributed by atoms with van der Waals surface area (Å²) in [4.78, 5) is 4.77. The van der Waals surface area contributed by atoms with E-state index in [4.69, 9.17) is 17.7 Å². The maximum Gasteiger partial charge on any atom is 0.160 e. The summed E-state index contributed by atoms with van der Waals surface area (Å²) in [7, 11) is 0. The van der Waals surface area contributed by atoms with Crippen LogP contribution < -0.4 is 9.80 Å². The Hall–Kier alpha value is -12.1. The average molecular weight is 1280 g/mol. The van der Waals surface area contributed by atoms with Gasteiger partial charge in [-0.1, -0.05) is 254 Å². The Labute approximate surface area is 572 Å². The molecule has 0 fully saturated rings. The molecule has 6 nitrogen and oxygen atoms in total. The molecule has 0 saturated heterocycles.